The van der Waals surface area contributed by atoms with Gasteiger partial charge in [-0.25, -0.2) is 0 Å². The number of rotatable bonds is 8. The van der Waals surface area contributed by atoms with Crippen LogP contribution in [0.2, 0.25) is 0 Å². The Morgan fingerprint density at radius 1 is 0.717 bits per heavy atom. The monoisotopic (exact) mass is 632 g/mol. The molecule has 1 aromatic heterocycles. The van der Waals surface area contributed by atoms with Crippen LogP contribution >= 0.6 is 0 Å². The molecule has 13 heteroatoms. The van der Waals surface area contributed by atoms with E-state index in [1.54, 1.807) is 36.4 Å². The number of fused-ring (bicyclic) bond motifs is 2. The van der Waals surface area contributed by atoms with Crippen molar-refractivity contribution in [3.63, 3.8) is 0 Å². The molecule has 5 rings (SSSR count). The van der Waals surface area contributed by atoms with E-state index in [2.05, 4.69) is 0 Å². The number of ether oxygens (including phenoxy) is 7. The average Bonchev–Trinajstić information content (AvgIpc) is 2.98. The van der Waals surface area contributed by atoms with E-state index in [1.165, 1.54) is 53.0 Å². The molecule has 0 unspecified atom stereocenters. The van der Waals surface area contributed by atoms with Crippen LogP contribution in [0, 0.1) is 0 Å². The summed E-state index contributed by atoms with van der Waals surface area (Å²) in [5, 5.41) is -0.0215. The van der Waals surface area contributed by atoms with E-state index in [4.69, 9.17) is 37.6 Å². The van der Waals surface area contributed by atoms with Gasteiger partial charge in [0.1, 0.15) is 34.8 Å². The molecule has 238 valence electrons. The molecular formula is C33H28O13. The maximum absolute atomic E-state index is 13.2. The number of benzene rings is 3. The first-order valence-corrected chi connectivity index (χ1v) is 13.9. The molecular weight excluding hydrogens is 604 g/mol. The fourth-order valence-corrected chi connectivity index (χ4v) is 4.82. The highest BCUT2D eigenvalue weighted by Crippen LogP contribution is 2.43. The summed E-state index contributed by atoms with van der Waals surface area (Å²) in [6.45, 7) is 4.74. The third-order valence-corrected chi connectivity index (χ3v) is 6.60. The summed E-state index contributed by atoms with van der Waals surface area (Å²) in [6.07, 6.45) is -1.59. The summed E-state index contributed by atoms with van der Waals surface area (Å²) in [5.74, 6) is -1.23. The Morgan fingerprint density at radius 3 is 2.11 bits per heavy atom. The van der Waals surface area contributed by atoms with Gasteiger partial charge in [0.05, 0.1) is 7.11 Å². The van der Waals surface area contributed by atoms with Gasteiger partial charge in [-0.05, 0) is 30.3 Å². The van der Waals surface area contributed by atoms with Crippen molar-refractivity contribution in [3.8, 4) is 45.8 Å². The highest BCUT2D eigenvalue weighted by molar-refractivity contribution is 5.89. The Hall–Kier alpha value is -5.85. The van der Waals surface area contributed by atoms with E-state index < -0.39 is 41.5 Å². The molecule has 2 heterocycles. The zero-order valence-corrected chi connectivity index (χ0v) is 25.4. The van der Waals surface area contributed by atoms with Gasteiger partial charge < -0.3 is 37.6 Å². The van der Waals surface area contributed by atoms with Crippen LogP contribution in [0.3, 0.4) is 0 Å². The zero-order chi connectivity index (χ0) is 33.1. The van der Waals surface area contributed by atoms with Gasteiger partial charge in [0.15, 0.2) is 40.6 Å². The Bertz CT molecular complexity index is 1920. The minimum Gasteiger partial charge on any atom is -0.493 e. The third-order valence-electron chi connectivity index (χ3n) is 6.60. The molecule has 1 aliphatic rings. The third kappa shape index (κ3) is 6.93. The van der Waals surface area contributed by atoms with Crippen molar-refractivity contribution in [2.45, 2.75) is 39.9 Å². The minimum absolute atomic E-state index is 0.00587. The summed E-state index contributed by atoms with van der Waals surface area (Å²) >= 11 is 0. The molecule has 13 nitrogen and oxygen atoms in total. The Morgan fingerprint density at radius 2 is 1.43 bits per heavy atom. The Balaban J connectivity index is 1.53. The average molecular weight is 633 g/mol. The van der Waals surface area contributed by atoms with Crippen molar-refractivity contribution >= 4 is 34.8 Å². The molecule has 0 fully saturated rings. The van der Waals surface area contributed by atoms with Gasteiger partial charge in [-0.3, -0.25) is 24.0 Å². The fourth-order valence-electron chi connectivity index (χ4n) is 4.82. The van der Waals surface area contributed by atoms with E-state index in [9.17, 15) is 24.0 Å². The topological polar surface area (TPSA) is 163 Å². The van der Waals surface area contributed by atoms with Crippen LogP contribution < -0.4 is 33.8 Å². The predicted molar refractivity (Wildman–Crippen MR) is 159 cm³/mol. The molecule has 0 radical (unpaired) electrons. The quantitative estimate of drug-likeness (QED) is 0.194. The Labute approximate surface area is 261 Å². The first kappa shape index (κ1) is 31.6. The van der Waals surface area contributed by atoms with Crippen LogP contribution in [0.5, 0.6) is 34.5 Å². The lowest BCUT2D eigenvalue weighted by atomic mass is 10.0. The van der Waals surface area contributed by atoms with Gasteiger partial charge in [0.2, 0.25) is 0 Å². The van der Waals surface area contributed by atoms with Gasteiger partial charge in [0.25, 0.3) is 0 Å². The largest absolute Gasteiger partial charge is 0.493 e. The van der Waals surface area contributed by atoms with Crippen LogP contribution in [-0.4, -0.2) is 43.7 Å². The number of methoxy groups -OCH3 is 1. The van der Waals surface area contributed by atoms with E-state index in [1.807, 2.05) is 0 Å². The Kier molecular flexibility index (Phi) is 8.94. The molecule has 1 aliphatic heterocycles. The molecule has 46 heavy (non-hydrogen) atoms. The van der Waals surface area contributed by atoms with Crippen LogP contribution in [0.1, 0.15) is 39.4 Å². The maximum Gasteiger partial charge on any atom is 0.308 e. The molecule has 0 amide bonds. The van der Waals surface area contributed by atoms with Crippen LogP contribution in [-0.2, 0) is 23.9 Å². The summed E-state index contributed by atoms with van der Waals surface area (Å²) in [7, 11) is 1.43. The van der Waals surface area contributed by atoms with Crippen molar-refractivity contribution in [2.24, 2.45) is 0 Å². The lowest BCUT2D eigenvalue weighted by Crippen LogP contribution is -2.37. The number of esters is 4. The molecule has 3 aromatic carbocycles. The SMILES string of the molecule is COc1cc([C@@H]2Oc3ccc(-c4cc(=O)c5c(OC(C)=O)cc(OC(C)=O)cc5o4)cc3O[C@@H]2COC(C)=O)ccc1OC(C)=O. The van der Waals surface area contributed by atoms with E-state index >= 15 is 0 Å². The number of carbonyl (C=O) groups is 4. The van der Waals surface area contributed by atoms with Gasteiger partial charge in [-0.1, -0.05) is 6.07 Å². The number of carbonyl (C=O) groups excluding carboxylic acids is 4. The van der Waals surface area contributed by atoms with Crippen molar-refractivity contribution in [3.05, 3.63) is 70.4 Å². The highest BCUT2D eigenvalue weighted by atomic mass is 16.6. The van der Waals surface area contributed by atoms with Gasteiger partial charge in [-0.2, -0.15) is 0 Å². The second-order valence-corrected chi connectivity index (χ2v) is 10.1. The molecule has 0 saturated carbocycles. The molecule has 0 spiro atoms. The van der Waals surface area contributed by atoms with Crippen LogP contribution in [0.4, 0.5) is 0 Å². The molecule has 0 N–H and O–H groups in total. The number of hydrogen-bond acceptors (Lipinski definition) is 13. The second-order valence-electron chi connectivity index (χ2n) is 10.1. The normalized spacial score (nSPS) is 15.1. The predicted octanol–water partition coefficient (Wildman–Crippen LogP) is 4.69. The van der Waals surface area contributed by atoms with Gasteiger partial charge >= 0.3 is 23.9 Å². The summed E-state index contributed by atoms with van der Waals surface area (Å²) < 4.78 is 44.8. The maximum atomic E-state index is 13.2. The molecule has 2 atom stereocenters. The van der Waals surface area contributed by atoms with E-state index in [0.717, 1.165) is 0 Å². The first-order valence-electron chi connectivity index (χ1n) is 13.9. The fraction of sp³-hybridized carbons (Fsp3) is 0.242. The van der Waals surface area contributed by atoms with Crippen molar-refractivity contribution in [1.82, 2.24) is 0 Å². The first-order chi connectivity index (χ1) is 21.9. The smallest absolute Gasteiger partial charge is 0.308 e. The molecule has 0 aliphatic carbocycles. The van der Waals surface area contributed by atoms with Gasteiger partial charge in [0, 0.05) is 57.0 Å². The highest BCUT2D eigenvalue weighted by Gasteiger charge is 2.35. The standard InChI is InChI=1S/C33H28O13/c1-16(34)40-15-31-33(21-7-9-24(42-18(3)36)27(11-21)39-5)46-25-8-6-20(10-28(25)45-31)26-14-23(38)32-29(43-19(4)37)12-22(41-17(2)35)13-30(32)44-26/h6-14,31,33H,15H2,1-5H3/t31-,33+/m1/s1. The number of hydrogen-bond donors (Lipinski definition) is 0. The van der Waals surface area contributed by atoms with E-state index in [0.29, 0.717) is 16.9 Å². The molecule has 0 saturated heterocycles. The van der Waals surface area contributed by atoms with Crippen LogP contribution in [0.25, 0.3) is 22.3 Å². The minimum atomic E-state index is -0.822. The summed E-state index contributed by atoms with van der Waals surface area (Å²) in [4.78, 5) is 59.7. The van der Waals surface area contributed by atoms with Crippen LogP contribution in [0.15, 0.2) is 63.8 Å². The summed E-state index contributed by atoms with van der Waals surface area (Å²) in [6, 6.07) is 13.5. The second kappa shape index (κ2) is 13.0. The molecule has 0 bridgehead atoms. The lowest BCUT2D eigenvalue weighted by molar-refractivity contribution is -0.146. The van der Waals surface area contributed by atoms with Crippen molar-refractivity contribution < 1.29 is 56.8 Å². The van der Waals surface area contributed by atoms with E-state index in [-0.39, 0.29) is 52.1 Å². The van der Waals surface area contributed by atoms with Crippen molar-refractivity contribution in [1.29, 1.82) is 0 Å². The van der Waals surface area contributed by atoms with Crippen molar-refractivity contribution in [2.75, 3.05) is 13.7 Å². The van der Waals surface area contributed by atoms with Gasteiger partial charge in [-0.15, -0.1) is 0 Å². The summed E-state index contributed by atoms with van der Waals surface area (Å²) in [5.41, 5.74) is 0.500. The molecule has 4 aromatic rings. The lowest BCUT2D eigenvalue weighted by Gasteiger charge is -2.34. The zero-order valence-electron chi connectivity index (χ0n) is 25.4.